The maximum Gasteiger partial charge on any atom is 0.243 e. The highest BCUT2D eigenvalue weighted by Crippen LogP contribution is 2.46. The van der Waals surface area contributed by atoms with Gasteiger partial charge in [-0.2, -0.15) is 0 Å². The number of methoxy groups -OCH3 is 2. The Balaban J connectivity index is 1.63. The molecule has 2 atom stereocenters. The van der Waals surface area contributed by atoms with Gasteiger partial charge in [0.25, 0.3) is 0 Å². The number of halogens is 2. The van der Waals surface area contributed by atoms with Gasteiger partial charge in [-0.05, 0) is 36.7 Å². The number of hydrogen-bond acceptors (Lipinski definition) is 7. The first-order valence-corrected chi connectivity index (χ1v) is 11.5. The van der Waals surface area contributed by atoms with Gasteiger partial charge in [0.1, 0.15) is 11.5 Å². The second-order valence-corrected chi connectivity index (χ2v) is 8.57. The molecule has 0 spiro atoms. The molecule has 3 N–H and O–H groups in total. The monoisotopic (exact) mass is 501 g/mol. The summed E-state index contributed by atoms with van der Waals surface area (Å²) in [6.07, 6.45) is 3.81. The summed E-state index contributed by atoms with van der Waals surface area (Å²) < 4.78 is 10.8. The highest BCUT2D eigenvalue weighted by molar-refractivity contribution is 6.41. The van der Waals surface area contributed by atoms with E-state index in [0.717, 1.165) is 29.4 Å². The van der Waals surface area contributed by atoms with Crippen LogP contribution in [0.2, 0.25) is 10.0 Å². The van der Waals surface area contributed by atoms with Crippen LogP contribution in [-0.2, 0) is 4.79 Å². The van der Waals surface area contributed by atoms with Crippen LogP contribution in [0.5, 0.6) is 11.5 Å². The molecule has 1 aliphatic heterocycles. The van der Waals surface area contributed by atoms with Gasteiger partial charge in [0.2, 0.25) is 11.9 Å². The van der Waals surface area contributed by atoms with E-state index in [9.17, 15) is 4.79 Å². The number of hydrogen-bond donors (Lipinski definition) is 3. The zero-order valence-electron chi connectivity index (χ0n) is 18.8. The first-order chi connectivity index (χ1) is 16.4. The van der Waals surface area contributed by atoms with Crippen molar-refractivity contribution in [1.82, 2.24) is 20.6 Å². The van der Waals surface area contributed by atoms with E-state index in [1.807, 2.05) is 18.2 Å². The maximum absolute atomic E-state index is 11.8. The Labute approximate surface area is 207 Å². The zero-order chi connectivity index (χ0) is 24.2. The molecular formula is C24H25Cl2N5O3. The second kappa shape index (κ2) is 10.5. The lowest BCUT2D eigenvalue weighted by atomic mass is 10.0. The molecule has 8 nitrogen and oxygen atoms in total. The molecule has 10 heteroatoms. The molecule has 0 radical (unpaired) electrons. The van der Waals surface area contributed by atoms with Gasteiger partial charge in [-0.1, -0.05) is 35.8 Å². The highest BCUT2D eigenvalue weighted by atomic mass is 35.5. The Kier molecular flexibility index (Phi) is 7.41. The van der Waals surface area contributed by atoms with Crippen LogP contribution < -0.4 is 25.4 Å². The minimum absolute atomic E-state index is 0.0549. The summed E-state index contributed by atoms with van der Waals surface area (Å²) in [7, 11) is 3.08. The van der Waals surface area contributed by atoms with Gasteiger partial charge in [-0.15, -0.1) is 0 Å². The normalized spacial score (nSPS) is 17.8. The van der Waals surface area contributed by atoms with Gasteiger partial charge in [-0.3, -0.25) is 4.79 Å². The number of nitrogens with zero attached hydrogens (tertiary/aromatic N) is 2. The summed E-state index contributed by atoms with van der Waals surface area (Å²) in [6, 6.07) is 7.23. The number of benzene rings is 2. The Hall–Kier alpha value is -3.07. The molecule has 2 aromatic carbocycles. The van der Waals surface area contributed by atoms with Crippen LogP contribution in [0.25, 0.3) is 22.0 Å². The van der Waals surface area contributed by atoms with Crippen LogP contribution in [0.1, 0.15) is 6.42 Å². The number of anilines is 1. The third-order valence-corrected chi connectivity index (χ3v) is 6.50. The van der Waals surface area contributed by atoms with Gasteiger partial charge in [0, 0.05) is 29.8 Å². The van der Waals surface area contributed by atoms with Crippen LogP contribution in [0.3, 0.4) is 0 Å². The lowest BCUT2D eigenvalue weighted by Gasteiger charge is -2.33. The summed E-state index contributed by atoms with van der Waals surface area (Å²) in [6.45, 7) is 5.02. The molecule has 2 unspecified atom stereocenters. The van der Waals surface area contributed by atoms with Crippen LogP contribution in [0, 0.1) is 0 Å². The quantitative estimate of drug-likeness (QED) is 0.419. The standard InChI is InChI=1S/C24H25Cl2N5O3/c1-4-20(32)29-16-7-8-27-12-17(16)31-24-28-11-14-9-13(5-6-15(14)30-24)21-22(25)18(33-2)10-19(34-3)23(21)26/h4-6,9-11,16-17,27H,1,7-8,12H2,2-3H3,(H,29,32)(H,28,30,31). The number of piperidine rings is 1. The Morgan fingerprint density at radius 3 is 2.59 bits per heavy atom. The molecular weight excluding hydrogens is 477 g/mol. The molecule has 178 valence electrons. The highest BCUT2D eigenvalue weighted by Gasteiger charge is 2.26. The Bertz CT molecular complexity index is 1210. The number of aromatic nitrogens is 2. The van der Waals surface area contributed by atoms with Crippen molar-refractivity contribution in [1.29, 1.82) is 0 Å². The van der Waals surface area contributed by atoms with Crippen molar-refractivity contribution >= 4 is 46.0 Å². The second-order valence-electron chi connectivity index (χ2n) is 7.81. The van der Waals surface area contributed by atoms with Crippen LogP contribution in [-0.4, -0.2) is 55.3 Å². The van der Waals surface area contributed by atoms with E-state index in [4.69, 9.17) is 32.7 Å². The van der Waals surface area contributed by atoms with E-state index in [0.29, 0.717) is 39.6 Å². The molecule has 4 rings (SSSR count). The number of ether oxygens (including phenoxy) is 2. The minimum atomic E-state index is -0.197. The molecule has 1 aliphatic rings. The van der Waals surface area contributed by atoms with Crippen molar-refractivity contribution in [2.45, 2.75) is 18.5 Å². The van der Waals surface area contributed by atoms with Gasteiger partial charge in [0.05, 0.1) is 41.9 Å². The van der Waals surface area contributed by atoms with E-state index in [1.54, 1.807) is 12.3 Å². The Morgan fingerprint density at radius 1 is 1.18 bits per heavy atom. The third kappa shape index (κ3) is 4.89. The van der Waals surface area contributed by atoms with E-state index in [1.165, 1.54) is 20.3 Å². The fraction of sp³-hybridized carbons (Fsp3) is 0.292. The Morgan fingerprint density at radius 2 is 1.91 bits per heavy atom. The number of amides is 1. The molecule has 3 aromatic rings. The number of rotatable bonds is 7. The molecule has 2 heterocycles. The van der Waals surface area contributed by atoms with Gasteiger partial charge in [0.15, 0.2) is 0 Å². The largest absolute Gasteiger partial charge is 0.495 e. The molecule has 1 aromatic heterocycles. The minimum Gasteiger partial charge on any atom is -0.495 e. The third-order valence-electron chi connectivity index (χ3n) is 5.75. The van der Waals surface area contributed by atoms with Gasteiger partial charge >= 0.3 is 0 Å². The topological polar surface area (TPSA) is 97.4 Å². The summed E-state index contributed by atoms with van der Waals surface area (Å²) in [5.41, 5.74) is 2.14. The number of carbonyl (C=O) groups excluding carboxylic acids is 1. The predicted molar refractivity (Wildman–Crippen MR) is 135 cm³/mol. The summed E-state index contributed by atoms with van der Waals surface area (Å²) >= 11 is 13.1. The SMILES string of the molecule is C=CC(=O)NC1CCNCC1Nc1ncc2cc(-c3c(Cl)c(OC)cc(OC)c3Cl)ccc2n1. The lowest BCUT2D eigenvalue weighted by molar-refractivity contribution is -0.117. The van der Waals surface area contributed by atoms with E-state index in [-0.39, 0.29) is 18.0 Å². The molecule has 1 saturated heterocycles. The number of carbonyl (C=O) groups is 1. The number of nitrogens with one attached hydrogen (secondary N) is 3. The average molecular weight is 502 g/mol. The van der Waals surface area contributed by atoms with Crippen LogP contribution in [0.15, 0.2) is 43.1 Å². The molecule has 1 fully saturated rings. The molecule has 0 bridgehead atoms. The molecule has 1 amide bonds. The van der Waals surface area contributed by atoms with E-state index < -0.39 is 0 Å². The maximum atomic E-state index is 11.8. The smallest absolute Gasteiger partial charge is 0.243 e. The average Bonchev–Trinajstić information content (AvgIpc) is 2.85. The first kappa shape index (κ1) is 24.1. The molecule has 34 heavy (non-hydrogen) atoms. The van der Waals surface area contributed by atoms with Crippen LogP contribution >= 0.6 is 23.2 Å². The molecule has 0 saturated carbocycles. The van der Waals surface area contributed by atoms with Crippen molar-refractivity contribution in [2.75, 3.05) is 32.6 Å². The lowest BCUT2D eigenvalue weighted by Crippen LogP contribution is -2.55. The fourth-order valence-corrected chi connectivity index (χ4v) is 4.71. The first-order valence-electron chi connectivity index (χ1n) is 10.7. The van der Waals surface area contributed by atoms with E-state index in [2.05, 4.69) is 32.5 Å². The summed E-state index contributed by atoms with van der Waals surface area (Å²) in [4.78, 5) is 20.9. The summed E-state index contributed by atoms with van der Waals surface area (Å²) in [5, 5.41) is 11.2. The van der Waals surface area contributed by atoms with Crippen molar-refractivity contribution < 1.29 is 14.3 Å². The van der Waals surface area contributed by atoms with Crippen molar-refractivity contribution in [3.05, 3.63) is 53.2 Å². The van der Waals surface area contributed by atoms with Gasteiger partial charge < -0.3 is 25.4 Å². The van der Waals surface area contributed by atoms with E-state index >= 15 is 0 Å². The number of fused-ring (bicyclic) bond motifs is 1. The van der Waals surface area contributed by atoms with Crippen molar-refractivity contribution in [2.24, 2.45) is 0 Å². The van der Waals surface area contributed by atoms with Gasteiger partial charge in [-0.25, -0.2) is 9.97 Å². The van der Waals surface area contributed by atoms with Crippen molar-refractivity contribution in [3.63, 3.8) is 0 Å². The predicted octanol–water partition coefficient (Wildman–Crippen LogP) is 4.07. The molecule has 0 aliphatic carbocycles. The van der Waals surface area contributed by atoms with Crippen molar-refractivity contribution in [3.8, 4) is 22.6 Å². The zero-order valence-corrected chi connectivity index (χ0v) is 20.3. The summed E-state index contributed by atoms with van der Waals surface area (Å²) in [5.74, 6) is 1.21. The van der Waals surface area contributed by atoms with Crippen LogP contribution in [0.4, 0.5) is 5.95 Å². The fourth-order valence-electron chi connectivity index (χ4n) is 3.99.